The average molecular weight is 803 g/mol. The van der Waals surface area contributed by atoms with E-state index in [0.29, 0.717) is 0 Å². The van der Waals surface area contributed by atoms with Crippen LogP contribution in [0.2, 0.25) is 0 Å². The Bertz CT molecular complexity index is 3900. The van der Waals surface area contributed by atoms with Gasteiger partial charge in [0.2, 0.25) is 0 Å². The fraction of sp³-hybridized carbons (Fsp3) is 0. The summed E-state index contributed by atoms with van der Waals surface area (Å²) in [7, 11) is 0. The van der Waals surface area contributed by atoms with E-state index in [-0.39, 0.29) is 0 Å². The largest absolute Gasteiger partial charge is 0.456 e. The van der Waals surface area contributed by atoms with Crippen molar-refractivity contribution in [2.45, 2.75) is 0 Å². The normalized spacial score (nSPS) is 11.8. The lowest BCUT2D eigenvalue weighted by Gasteiger charge is -2.14. The van der Waals surface area contributed by atoms with E-state index in [1.54, 1.807) is 0 Å². The third-order valence-corrected chi connectivity index (χ3v) is 12.9. The van der Waals surface area contributed by atoms with Crippen LogP contribution in [-0.2, 0) is 0 Å². The molecule has 13 aromatic rings. The molecular weight excluding hydrogens is 765 g/mol. The van der Waals surface area contributed by atoms with Crippen molar-refractivity contribution in [3.8, 4) is 55.9 Å². The number of hydrogen-bond donors (Lipinski definition) is 0. The maximum atomic E-state index is 6.19. The average Bonchev–Trinajstić information content (AvgIpc) is 4.01. The van der Waals surface area contributed by atoms with Gasteiger partial charge in [-0.15, -0.1) is 0 Å². The number of para-hydroxylation sites is 3. The van der Waals surface area contributed by atoms with E-state index in [9.17, 15) is 0 Å². The van der Waals surface area contributed by atoms with Gasteiger partial charge < -0.3 is 13.6 Å². The van der Waals surface area contributed by atoms with Gasteiger partial charge in [0.05, 0.1) is 27.8 Å². The molecule has 3 heteroatoms. The molecule has 0 radical (unpaired) electrons. The van der Waals surface area contributed by atoms with E-state index in [1.165, 1.54) is 82.7 Å². The molecule has 63 heavy (non-hydrogen) atoms. The number of aromatic nitrogens is 2. The first kappa shape index (κ1) is 35.4. The Morgan fingerprint density at radius 3 is 1.60 bits per heavy atom. The minimum atomic E-state index is 0.904. The summed E-state index contributed by atoms with van der Waals surface area (Å²) >= 11 is 0. The van der Waals surface area contributed by atoms with Crippen LogP contribution >= 0.6 is 0 Å². The van der Waals surface area contributed by atoms with Gasteiger partial charge in [-0.1, -0.05) is 158 Å². The molecule has 10 aromatic carbocycles. The molecule has 0 bridgehead atoms. The summed E-state index contributed by atoms with van der Waals surface area (Å²) in [5.41, 5.74) is 18.3. The lowest BCUT2D eigenvalue weighted by molar-refractivity contribution is 0.669. The predicted molar refractivity (Wildman–Crippen MR) is 264 cm³/mol. The Balaban J connectivity index is 0.997. The Kier molecular flexibility index (Phi) is 7.91. The molecule has 294 valence electrons. The summed E-state index contributed by atoms with van der Waals surface area (Å²) in [6.45, 7) is 0. The molecule has 0 amide bonds. The van der Waals surface area contributed by atoms with Crippen molar-refractivity contribution in [3.63, 3.8) is 0 Å². The van der Waals surface area contributed by atoms with Gasteiger partial charge >= 0.3 is 0 Å². The summed E-state index contributed by atoms with van der Waals surface area (Å²) in [5.74, 6) is 0. The minimum Gasteiger partial charge on any atom is -0.456 e. The molecular formula is C60H38N2O. The number of rotatable bonds is 6. The first-order valence-electron chi connectivity index (χ1n) is 21.6. The van der Waals surface area contributed by atoms with Gasteiger partial charge in [0, 0.05) is 43.6 Å². The molecule has 3 nitrogen and oxygen atoms in total. The SMILES string of the molecule is c1ccc(-c2ccccc2-n2c3ccccc3c3cc(-c4ccc5c(c4)c4c(-c6ccccc6)cccc4n5-c4cccc(-c5ccc6oc7ccccc7c6c5)c4)ccc32)cc1. The second kappa shape index (κ2) is 14.1. The van der Waals surface area contributed by atoms with Gasteiger partial charge in [-0.2, -0.15) is 0 Å². The lowest BCUT2D eigenvalue weighted by atomic mass is 9.97. The summed E-state index contributed by atoms with van der Waals surface area (Å²) in [6.07, 6.45) is 0. The van der Waals surface area contributed by atoms with Crippen molar-refractivity contribution in [1.82, 2.24) is 9.13 Å². The molecule has 0 fully saturated rings. The van der Waals surface area contributed by atoms with Gasteiger partial charge in [0.1, 0.15) is 11.2 Å². The highest BCUT2D eigenvalue weighted by atomic mass is 16.3. The molecule has 13 rings (SSSR count). The predicted octanol–water partition coefficient (Wildman–Crippen LogP) is 16.4. The topological polar surface area (TPSA) is 23.0 Å². The maximum absolute atomic E-state index is 6.19. The quantitative estimate of drug-likeness (QED) is 0.164. The maximum Gasteiger partial charge on any atom is 0.135 e. The van der Waals surface area contributed by atoms with Gasteiger partial charge in [0.25, 0.3) is 0 Å². The Morgan fingerprint density at radius 2 is 0.794 bits per heavy atom. The van der Waals surface area contributed by atoms with Crippen LogP contribution in [0.4, 0.5) is 0 Å². The summed E-state index contributed by atoms with van der Waals surface area (Å²) in [5, 5.41) is 7.20. The molecule has 0 saturated carbocycles. The van der Waals surface area contributed by atoms with Gasteiger partial charge in [-0.05, 0) is 112 Å². The molecule has 0 spiro atoms. The molecule has 0 unspecified atom stereocenters. The van der Waals surface area contributed by atoms with Crippen molar-refractivity contribution in [3.05, 3.63) is 231 Å². The summed E-state index contributed by atoms with van der Waals surface area (Å²) in [6, 6.07) is 83.6. The van der Waals surface area contributed by atoms with Crippen LogP contribution in [0.3, 0.4) is 0 Å². The molecule has 3 heterocycles. The van der Waals surface area contributed by atoms with Crippen LogP contribution in [0.25, 0.3) is 121 Å². The van der Waals surface area contributed by atoms with E-state index in [2.05, 4.69) is 228 Å². The van der Waals surface area contributed by atoms with Gasteiger partial charge in [-0.25, -0.2) is 0 Å². The molecule has 0 N–H and O–H groups in total. The van der Waals surface area contributed by atoms with Crippen molar-refractivity contribution in [2.75, 3.05) is 0 Å². The zero-order valence-corrected chi connectivity index (χ0v) is 34.2. The number of benzene rings is 10. The van der Waals surface area contributed by atoms with E-state index < -0.39 is 0 Å². The van der Waals surface area contributed by atoms with E-state index in [1.807, 2.05) is 12.1 Å². The Morgan fingerprint density at radius 1 is 0.270 bits per heavy atom. The third-order valence-electron chi connectivity index (χ3n) is 12.9. The van der Waals surface area contributed by atoms with Crippen LogP contribution in [0, 0.1) is 0 Å². The van der Waals surface area contributed by atoms with Crippen molar-refractivity contribution < 1.29 is 4.42 Å². The highest BCUT2D eigenvalue weighted by Gasteiger charge is 2.20. The zero-order valence-electron chi connectivity index (χ0n) is 34.2. The fourth-order valence-corrected chi connectivity index (χ4v) is 10.1. The second-order valence-corrected chi connectivity index (χ2v) is 16.5. The Hall–Kier alpha value is -8.40. The molecule has 0 aliphatic heterocycles. The van der Waals surface area contributed by atoms with E-state index >= 15 is 0 Å². The summed E-state index contributed by atoms with van der Waals surface area (Å²) < 4.78 is 11.1. The number of hydrogen-bond acceptors (Lipinski definition) is 1. The molecule has 0 aliphatic rings. The number of furan rings is 1. The van der Waals surface area contributed by atoms with Crippen LogP contribution in [0.1, 0.15) is 0 Å². The highest BCUT2D eigenvalue weighted by Crippen LogP contribution is 2.43. The third kappa shape index (κ3) is 5.60. The second-order valence-electron chi connectivity index (χ2n) is 16.5. The monoisotopic (exact) mass is 802 g/mol. The van der Waals surface area contributed by atoms with E-state index in [4.69, 9.17) is 4.42 Å². The van der Waals surface area contributed by atoms with Gasteiger partial charge in [0.15, 0.2) is 0 Å². The smallest absolute Gasteiger partial charge is 0.135 e. The standard InChI is InChI=1S/C60H38N2O/c1-3-15-39(16-4-1)46-21-7-10-25-53(46)62-54-26-11-8-22-48(54)50-36-42(29-32-55(50)62)43-30-33-56-52(38-43)60-47(40-17-5-2-6-18-40)24-14-27-57(60)61(56)45-20-13-19-41(35-45)44-31-34-59-51(37-44)49-23-9-12-28-58(49)63-59/h1-38H. The highest BCUT2D eigenvalue weighted by molar-refractivity contribution is 6.17. The van der Waals surface area contributed by atoms with Gasteiger partial charge in [-0.3, -0.25) is 0 Å². The van der Waals surface area contributed by atoms with Crippen molar-refractivity contribution in [2.24, 2.45) is 0 Å². The fourth-order valence-electron chi connectivity index (χ4n) is 10.1. The molecule has 3 aromatic heterocycles. The van der Waals surface area contributed by atoms with Crippen LogP contribution in [0.15, 0.2) is 235 Å². The van der Waals surface area contributed by atoms with Crippen LogP contribution < -0.4 is 0 Å². The van der Waals surface area contributed by atoms with E-state index in [0.717, 1.165) is 38.8 Å². The van der Waals surface area contributed by atoms with Crippen molar-refractivity contribution in [1.29, 1.82) is 0 Å². The molecule has 0 atom stereocenters. The minimum absolute atomic E-state index is 0.904. The van der Waals surface area contributed by atoms with Crippen LogP contribution in [0.5, 0.6) is 0 Å². The zero-order chi connectivity index (χ0) is 41.4. The van der Waals surface area contributed by atoms with Crippen molar-refractivity contribution >= 4 is 65.6 Å². The molecule has 0 aliphatic carbocycles. The summed E-state index contributed by atoms with van der Waals surface area (Å²) in [4.78, 5) is 0. The first-order valence-corrected chi connectivity index (χ1v) is 21.6. The lowest BCUT2D eigenvalue weighted by Crippen LogP contribution is -1.97. The van der Waals surface area contributed by atoms with Crippen LogP contribution in [-0.4, -0.2) is 9.13 Å². The Labute approximate surface area is 363 Å². The molecule has 0 saturated heterocycles. The number of nitrogens with zero attached hydrogens (tertiary/aromatic N) is 2. The first-order chi connectivity index (χ1) is 31.2. The number of fused-ring (bicyclic) bond motifs is 9.